The van der Waals surface area contributed by atoms with Crippen LogP contribution in [0, 0.1) is 11.8 Å². The van der Waals surface area contributed by atoms with Gasteiger partial charge < -0.3 is 11.1 Å². The Hall–Kier alpha value is -1.53. The predicted octanol–water partition coefficient (Wildman–Crippen LogP) is 2.10. The highest BCUT2D eigenvalue weighted by Gasteiger charge is 2.01. The summed E-state index contributed by atoms with van der Waals surface area (Å²) in [5.41, 5.74) is 6.13. The van der Waals surface area contributed by atoms with Crippen LogP contribution in [-0.2, 0) is 4.79 Å². The lowest BCUT2D eigenvalue weighted by molar-refractivity contribution is -0.120. The molecule has 0 aromatic heterocycles. The van der Waals surface area contributed by atoms with Crippen molar-refractivity contribution in [3.05, 3.63) is 23.9 Å². The van der Waals surface area contributed by atoms with Gasteiger partial charge in [-0.3, -0.25) is 4.79 Å². The van der Waals surface area contributed by atoms with Crippen LogP contribution < -0.4 is 11.1 Å². The molecule has 94 valence electrons. The Balaban J connectivity index is 4.07. The monoisotopic (exact) mass is 234 g/mol. The van der Waals surface area contributed by atoms with Gasteiger partial charge in [-0.1, -0.05) is 18.4 Å². The zero-order chi connectivity index (χ0) is 12.9. The molecule has 0 aliphatic heterocycles. The Kier molecular flexibility index (Phi) is 9.98. The summed E-state index contributed by atoms with van der Waals surface area (Å²) in [7, 11) is 0. The maximum absolute atomic E-state index is 11.6. The predicted molar refractivity (Wildman–Crippen MR) is 72.0 cm³/mol. The van der Waals surface area contributed by atoms with Crippen molar-refractivity contribution in [3.8, 4) is 11.8 Å². The van der Waals surface area contributed by atoms with Crippen molar-refractivity contribution in [1.29, 1.82) is 0 Å². The normalized spacial score (nSPS) is 11.1. The molecule has 17 heavy (non-hydrogen) atoms. The van der Waals surface area contributed by atoms with Gasteiger partial charge in [0, 0.05) is 18.2 Å². The van der Waals surface area contributed by atoms with Crippen LogP contribution >= 0.6 is 0 Å². The molecular weight excluding hydrogens is 212 g/mol. The molecule has 0 aliphatic carbocycles. The lowest BCUT2D eigenvalue weighted by atomic mass is 10.2. The number of allylic oxidation sites excluding steroid dienone is 3. The summed E-state index contributed by atoms with van der Waals surface area (Å²) >= 11 is 0. The van der Waals surface area contributed by atoms with Gasteiger partial charge in [0.05, 0.1) is 0 Å². The molecule has 3 heteroatoms. The van der Waals surface area contributed by atoms with Crippen LogP contribution in [0.1, 0.15) is 39.5 Å². The molecule has 0 aromatic rings. The van der Waals surface area contributed by atoms with E-state index in [1.54, 1.807) is 13.0 Å². The van der Waals surface area contributed by atoms with Gasteiger partial charge in [-0.25, -0.2) is 0 Å². The third-order valence-corrected chi connectivity index (χ3v) is 2.11. The molecule has 0 rings (SSSR count). The second-order valence-corrected chi connectivity index (χ2v) is 3.64. The molecule has 3 nitrogen and oxygen atoms in total. The van der Waals surface area contributed by atoms with Crippen LogP contribution in [0.25, 0.3) is 0 Å². The summed E-state index contributed by atoms with van der Waals surface area (Å²) in [5, 5.41) is 2.83. The fraction of sp³-hybridized carbons (Fsp3) is 0.500. The number of nitrogens with two attached hydrogens (primary N) is 1. The molecule has 0 aliphatic rings. The number of hydrogen-bond donors (Lipinski definition) is 2. The van der Waals surface area contributed by atoms with Gasteiger partial charge in [0.2, 0.25) is 5.91 Å². The Morgan fingerprint density at radius 3 is 2.71 bits per heavy atom. The fourth-order valence-corrected chi connectivity index (χ4v) is 1.29. The molecule has 0 fully saturated rings. The molecule has 3 N–H and O–H groups in total. The molecule has 0 aromatic carbocycles. The summed E-state index contributed by atoms with van der Waals surface area (Å²) in [6.45, 7) is 4.36. The van der Waals surface area contributed by atoms with E-state index in [0.29, 0.717) is 13.0 Å². The number of unbranched alkanes of at least 4 members (excludes halogenated alkanes) is 2. The Labute approximate surface area is 104 Å². The van der Waals surface area contributed by atoms with Crippen molar-refractivity contribution in [3.63, 3.8) is 0 Å². The Morgan fingerprint density at radius 1 is 1.35 bits per heavy atom. The van der Waals surface area contributed by atoms with E-state index in [1.807, 2.05) is 19.1 Å². The van der Waals surface area contributed by atoms with Crippen LogP contribution in [0.2, 0.25) is 0 Å². The summed E-state index contributed by atoms with van der Waals surface area (Å²) < 4.78 is 0. The quantitative estimate of drug-likeness (QED) is 0.403. The largest absolute Gasteiger partial charge is 0.330 e. The van der Waals surface area contributed by atoms with Gasteiger partial charge in [0.25, 0.3) is 0 Å². The third-order valence-electron chi connectivity index (χ3n) is 2.11. The van der Waals surface area contributed by atoms with Crippen LogP contribution in [-0.4, -0.2) is 12.5 Å². The van der Waals surface area contributed by atoms with E-state index in [-0.39, 0.29) is 5.91 Å². The average Bonchev–Trinajstić information content (AvgIpc) is 2.32. The molecule has 0 radical (unpaired) electrons. The number of hydrogen-bond acceptors (Lipinski definition) is 2. The van der Waals surface area contributed by atoms with E-state index in [9.17, 15) is 4.79 Å². The first-order valence-corrected chi connectivity index (χ1v) is 5.99. The number of carbonyl (C=O) groups excluding carboxylic acids is 1. The van der Waals surface area contributed by atoms with Gasteiger partial charge in [-0.15, -0.1) is 5.92 Å². The molecule has 0 unspecified atom stereocenters. The van der Waals surface area contributed by atoms with E-state index in [2.05, 4.69) is 17.2 Å². The van der Waals surface area contributed by atoms with Crippen molar-refractivity contribution >= 4 is 5.91 Å². The highest BCUT2D eigenvalue weighted by molar-refractivity contribution is 5.78. The topological polar surface area (TPSA) is 55.1 Å². The van der Waals surface area contributed by atoms with E-state index in [4.69, 9.17) is 5.73 Å². The number of carbonyl (C=O) groups is 1. The van der Waals surface area contributed by atoms with E-state index < -0.39 is 0 Å². The molecule has 0 heterocycles. The van der Waals surface area contributed by atoms with Crippen LogP contribution in [0.4, 0.5) is 0 Å². The summed E-state index contributed by atoms with van der Waals surface area (Å²) in [5.74, 6) is 5.62. The minimum absolute atomic E-state index is 0.0317. The zero-order valence-electron chi connectivity index (χ0n) is 10.8. The van der Waals surface area contributed by atoms with Crippen molar-refractivity contribution in [1.82, 2.24) is 5.32 Å². The molecular formula is C14H22N2O. The van der Waals surface area contributed by atoms with Gasteiger partial charge in [-0.2, -0.15) is 0 Å². The molecule has 0 saturated heterocycles. The van der Waals surface area contributed by atoms with Crippen LogP contribution in [0.3, 0.4) is 0 Å². The fourth-order valence-electron chi connectivity index (χ4n) is 1.29. The molecule has 1 amide bonds. The third kappa shape index (κ3) is 9.40. The molecule has 0 spiro atoms. The second-order valence-electron chi connectivity index (χ2n) is 3.64. The van der Waals surface area contributed by atoms with E-state index >= 15 is 0 Å². The molecule has 0 atom stereocenters. The van der Waals surface area contributed by atoms with Gasteiger partial charge in [-0.05, 0) is 39.3 Å². The first-order valence-electron chi connectivity index (χ1n) is 5.99. The highest BCUT2D eigenvalue weighted by Crippen LogP contribution is 2.00. The maximum atomic E-state index is 11.6. The van der Waals surface area contributed by atoms with Crippen LogP contribution in [0.5, 0.6) is 0 Å². The lowest BCUT2D eigenvalue weighted by Crippen LogP contribution is -2.21. The number of rotatable bonds is 7. The summed E-state index contributed by atoms with van der Waals surface area (Å²) in [6.07, 6.45) is 8.81. The maximum Gasteiger partial charge on any atom is 0.224 e. The van der Waals surface area contributed by atoms with Crippen molar-refractivity contribution in [2.24, 2.45) is 5.73 Å². The van der Waals surface area contributed by atoms with Gasteiger partial charge >= 0.3 is 0 Å². The standard InChI is InChI=1S/C14H22N2O/c1-3-5-10-13(9-4-2)16-14(17)11-7-6-8-12-15/h4,9-10H,6-8,11-12,15H2,1-2H3,(H,16,17)/b9-4-,13-10+. The van der Waals surface area contributed by atoms with E-state index in [0.717, 1.165) is 25.0 Å². The zero-order valence-corrected chi connectivity index (χ0v) is 10.8. The van der Waals surface area contributed by atoms with Gasteiger partial charge in [0.15, 0.2) is 0 Å². The summed E-state index contributed by atoms with van der Waals surface area (Å²) in [6, 6.07) is 0. The average molecular weight is 234 g/mol. The van der Waals surface area contributed by atoms with Crippen LogP contribution in [0.15, 0.2) is 23.9 Å². The lowest BCUT2D eigenvalue weighted by Gasteiger charge is -2.04. The Bertz CT molecular complexity index is 332. The highest BCUT2D eigenvalue weighted by atomic mass is 16.1. The van der Waals surface area contributed by atoms with Crippen molar-refractivity contribution in [2.45, 2.75) is 39.5 Å². The molecule has 0 bridgehead atoms. The number of nitrogens with one attached hydrogen (secondary N) is 1. The van der Waals surface area contributed by atoms with Gasteiger partial charge in [0.1, 0.15) is 0 Å². The smallest absolute Gasteiger partial charge is 0.224 e. The van der Waals surface area contributed by atoms with E-state index in [1.165, 1.54) is 0 Å². The minimum atomic E-state index is 0.0317. The first-order chi connectivity index (χ1) is 8.24. The SMILES string of the molecule is CC#C/C=C(\C=C/C)NC(=O)CCCCCN. The first kappa shape index (κ1) is 15.5. The second kappa shape index (κ2) is 11.0. The summed E-state index contributed by atoms with van der Waals surface area (Å²) in [4.78, 5) is 11.6. The number of amides is 1. The van der Waals surface area contributed by atoms with Crippen molar-refractivity contribution in [2.75, 3.05) is 6.54 Å². The molecule has 0 saturated carbocycles. The minimum Gasteiger partial charge on any atom is -0.330 e. The Morgan fingerprint density at radius 2 is 2.12 bits per heavy atom. The van der Waals surface area contributed by atoms with Crippen molar-refractivity contribution < 1.29 is 4.79 Å².